The van der Waals surface area contributed by atoms with Crippen molar-refractivity contribution in [3.05, 3.63) is 0 Å². The Hall–Kier alpha value is -1.08. The first-order chi connectivity index (χ1) is 6.82. The van der Waals surface area contributed by atoms with Gasteiger partial charge in [0, 0.05) is 6.04 Å². The molecule has 0 fully saturated rings. The smallest absolute Gasteiger partial charge is 0.237 e. The van der Waals surface area contributed by atoms with Gasteiger partial charge in [0.15, 0.2) is 0 Å². The molecule has 4 nitrogen and oxygen atoms in total. The summed E-state index contributed by atoms with van der Waals surface area (Å²) in [7, 11) is 0. The Balaban J connectivity index is 4.30. The summed E-state index contributed by atoms with van der Waals surface area (Å²) in [5.41, 5.74) is 5.54. The Labute approximate surface area is 91.8 Å². The van der Waals surface area contributed by atoms with Gasteiger partial charge in [-0.25, -0.2) is 0 Å². The van der Waals surface area contributed by atoms with E-state index < -0.39 is 6.04 Å². The van der Waals surface area contributed by atoms with Crippen LogP contribution >= 0.6 is 0 Å². The van der Waals surface area contributed by atoms with Gasteiger partial charge in [0.25, 0.3) is 0 Å². The Kier molecular flexibility index (Phi) is 5.31. The molecular weight excluding hydrogens is 190 g/mol. The van der Waals surface area contributed by atoms with Crippen LogP contribution in [-0.4, -0.2) is 18.0 Å². The molecule has 15 heavy (non-hydrogen) atoms. The Morgan fingerprint density at radius 1 is 1.53 bits per heavy atom. The fraction of sp³-hybridized carbons (Fsp3) is 0.818. The Bertz CT molecular complexity index is 250. The van der Waals surface area contributed by atoms with Gasteiger partial charge in [-0.1, -0.05) is 27.7 Å². The van der Waals surface area contributed by atoms with Crippen molar-refractivity contribution in [3.63, 3.8) is 0 Å². The first-order valence-electron chi connectivity index (χ1n) is 5.25. The van der Waals surface area contributed by atoms with Crippen LogP contribution in [0, 0.1) is 16.7 Å². The summed E-state index contributed by atoms with van der Waals surface area (Å²) in [6.07, 6.45) is 1.08. The summed E-state index contributed by atoms with van der Waals surface area (Å²) in [5.74, 6) is -0.176. The molecule has 2 atom stereocenters. The third-order valence-electron chi connectivity index (χ3n) is 2.39. The summed E-state index contributed by atoms with van der Waals surface area (Å²) < 4.78 is 0. The van der Waals surface area contributed by atoms with Gasteiger partial charge in [-0.2, -0.15) is 5.26 Å². The van der Waals surface area contributed by atoms with Crippen molar-refractivity contribution < 1.29 is 4.79 Å². The topological polar surface area (TPSA) is 78.9 Å². The molecule has 0 bridgehead atoms. The second-order valence-corrected chi connectivity index (χ2v) is 4.82. The highest BCUT2D eigenvalue weighted by Crippen LogP contribution is 2.17. The molecule has 0 radical (unpaired) electrons. The number of hydrogen-bond acceptors (Lipinski definition) is 3. The van der Waals surface area contributed by atoms with Crippen LogP contribution in [0.25, 0.3) is 0 Å². The van der Waals surface area contributed by atoms with Gasteiger partial charge >= 0.3 is 0 Å². The van der Waals surface area contributed by atoms with Crippen LogP contribution in [0.5, 0.6) is 0 Å². The predicted octanol–water partition coefficient (Wildman–Crippen LogP) is 1.17. The van der Waals surface area contributed by atoms with Crippen LogP contribution < -0.4 is 11.1 Å². The number of carbonyl (C=O) groups is 1. The lowest BCUT2D eigenvalue weighted by Gasteiger charge is -2.27. The largest absolute Gasteiger partial charge is 0.351 e. The van der Waals surface area contributed by atoms with Crippen molar-refractivity contribution in [2.24, 2.45) is 11.1 Å². The summed E-state index contributed by atoms with van der Waals surface area (Å²) >= 11 is 0. The van der Waals surface area contributed by atoms with Gasteiger partial charge in [-0.3, -0.25) is 4.79 Å². The van der Waals surface area contributed by atoms with Gasteiger partial charge in [0.05, 0.1) is 18.5 Å². The molecule has 0 aromatic rings. The standard InChI is InChI=1S/C11H21N3O/c1-5-8(6-7-12)14-10(15)9(13)11(2,3)4/h8-9H,5-6,13H2,1-4H3,(H,14,15). The number of rotatable bonds is 4. The highest BCUT2D eigenvalue weighted by atomic mass is 16.2. The maximum Gasteiger partial charge on any atom is 0.237 e. The van der Waals surface area contributed by atoms with Crippen LogP contribution in [0.2, 0.25) is 0 Å². The highest BCUT2D eigenvalue weighted by molar-refractivity contribution is 5.82. The van der Waals surface area contributed by atoms with E-state index in [1.807, 2.05) is 33.8 Å². The van der Waals surface area contributed by atoms with Gasteiger partial charge < -0.3 is 11.1 Å². The lowest BCUT2D eigenvalue weighted by atomic mass is 9.86. The van der Waals surface area contributed by atoms with Crippen LogP contribution in [0.4, 0.5) is 0 Å². The monoisotopic (exact) mass is 211 g/mol. The highest BCUT2D eigenvalue weighted by Gasteiger charge is 2.28. The van der Waals surface area contributed by atoms with Gasteiger partial charge in [0.2, 0.25) is 5.91 Å². The molecular formula is C11H21N3O. The molecule has 0 aliphatic heterocycles. The predicted molar refractivity (Wildman–Crippen MR) is 59.9 cm³/mol. The number of nitrogens with two attached hydrogens (primary N) is 1. The maximum absolute atomic E-state index is 11.7. The maximum atomic E-state index is 11.7. The van der Waals surface area contributed by atoms with E-state index in [4.69, 9.17) is 11.0 Å². The minimum Gasteiger partial charge on any atom is -0.351 e. The third kappa shape index (κ3) is 4.80. The van der Waals surface area contributed by atoms with Crippen molar-refractivity contribution in [1.29, 1.82) is 5.26 Å². The molecule has 0 aromatic heterocycles. The SMILES string of the molecule is CCC(CC#N)NC(=O)C(N)C(C)(C)C. The molecule has 0 aromatic carbocycles. The normalized spacial score (nSPS) is 15.2. The van der Waals surface area contributed by atoms with E-state index in [0.717, 1.165) is 6.42 Å². The minimum atomic E-state index is -0.537. The van der Waals surface area contributed by atoms with Crippen LogP contribution in [0.1, 0.15) is 40.5 Å². The lowest BCUT2D eigenvalue weighted by molar-refractivity contribution is -0.125. The molecule has 0 saturated heterocycles. The van der Waals surface area contributed by atoms with E-state index in [-0.39, 0.29) is 17.4 Å². The van der Waals surface area contributed by atoms with Gasteiger partial charge in [-0.15, -0.1) is 0 Å². The van der Waals surface area contributed by atoms with E-state index in [1.54, 1.807) is 0 Å². The van der Waals surface area contributed by atoms with E-state index in [9.17, 15) is 4.79 Å². The zero-order valence-corrected chi connectivity index (χ0v) is 10.0. The van der Waals surface area contributed by atoms with Crippen LogP contribution in [-0.2, 0) is 4.79 Å². The number of amides is 1. The molecule has 1 amide bonds. The first-order valence-corrected chi connectivity index (χ1v) is 5.25. The van der Waals surface area contributed by atoms with Crippen LogP contribution in [0.15, 0.2) is 0 Å². The number of nitrogens with zero attached hydrogens (tertiary/aromatic N) is 1. The van der Waals surface area contributed by atoms with E-state index in [0.29, 0.717) is 6.42 Å². The van der Waals surface area contributed by atoms with Crippen molar-refractivity contribution >= 4 is 5.91 Å². The molecule has 0 aliphatic carbocycles. The Morgan fingerprint density at radius 3 is 2.40 bits per heavy atom. The summed E-state index contributed by atoms with van der Waals surface area (Å²) in [5, 5.41) is 11.3. The van der Waals surface area contributed by atoms with Gasteiger partial charge in [0.1, 0.15) is 0 Å². The number of nitrogens with one attached hydrogen (secondary N) is 1. The number of nitriles is 1. The fourth-order valence-electron chi connectivity index (χ4n) is 1.09. The second-order valence-electron chi connectivity index (χ2n) is 4.82. The average molecular weight is 211 g/mol. The Morgan fingerprint density at radius 2 is 2.07 bits per heavy atom. The van der Waals surface area contributed by atoms with E-state index in [2.05, 4.69) is 5.32 Å². The summed E-state index contributed by atoms with van der Waals surface area (Å²) in [6, 6.07) is 1.42. The van der Waals surface area contributed by atoms with Crippen molar-refractivity contribution in [2.45, 2.75) is 52.6 Å². The molecule has 0 spiro atoms. The average Bonchev–Trinajstić information content (AvgIpc) is 2.14. The molecule has 4 heteroatoms. The van der Waals surface area contributed by atoms with Crippen molar-refractivity contribution in [1.82, 2.24) is 5.32 Å². The second kappa shape index (κ2) is 5.72. The molecule has 0 heterocycles. The molecule has 0 aliphatic rings. The van der Waals surface area contributed by atoms with Crippen molar-refractivity contribution in [3.8, 4) is 6.07 Å². The quantitative estimate of drug-likeness (QED) is 0.732. The first kappa shape index (κ1) is 13.9. The zero-order valence-electron chi connectivity index (χ0n) is 10.0. The summed E-state index contributed by atoms with van der Waals surface area (Å²) in [6.45, 7) is 7.69. The third-order valence-corrected chi connectivity index (χ3v) is 2.39. The van der Waals surface area contributed by atoms with Crippen molar-refractivity contribution in [2.75, 3.05) is 0 Å². The zero-order chi connectivity index (χ0) is 12.1. The number of carbonyl (C=O) groups excluding carboxylic acids is 1. The van der Waals surface area contributed by atoms with Gasteiger partial charge in [-0.05, 0) is 11.8 Å². The lowest BCUT2D eigenvalue weighted by Crippen LogP contribution is -2.51. The fourth-order valence-corrected chi connectivity index (χ4v) is 1.09. The molecule has 86 valence electrons. The van der Waals surface area contributed by atoms with E-state index in [1.165, 1.54) is 0 Å². The van der Waals surface area contributed by atoms with Crippen LogP contribution in [0.3, 0.4) is 0 Å². The molecule has 0 saturated carbocycles. The molecule has 0 rings (SSSR count). The molecule has 2 unspecified atom stereocenters. The number of hydrogen-bond donors (Lipinski definition) is 2. The minimum absolute atomic E-state index is 0.0871. The molecule has 3 N–H and O–H groups in total. The van der Waals surface area contributed by atoms with E-state index >= 15 is 0 Å². The summed E-state index contributed by atoms with van der Waals surface area (Å²) in [4.78, 5) is 11.7.